The fourth-order valence-corrected chi connectivity index (χ4v) is 3.56. The number of nitrogens with one attached hydrogen (secondary N) is 1. The minimum Gasteiger partial charge on any atom is -0.481 e. The van der Waals surface area contributed by atoms with E-state index in [9.17, 15) is 14.4 Å². The SMILES string of the molecule is CCCC(CCC)C(=O)Nc1ccc(C(=O)N2CCC(C(=O)O)CC2)cc1. The summed E-state index contributed by atoms with van der Waals surface area (Å²) in [5.74, 6) is -1.17. The Labute approximate surface area is 160 Å². The second kappa shape index (κ2) is 10.1. The van der Waals surface area contributed by atoms with Crippen molar-refractivity contribution in [3.05, 3.63) is 29.8 Å². The number of amides is 2. The first kappa shape index (κ1) is 20.9. The van der Waals surface area contributed by atoms with Crippen LogP contribution in [0.4, 0.5) is 5.69 Å². The third-order valence-corrected chi connectivity index (χ3v) is 5.18. The van der Waals surface area contributed by atoms with Gasteiger partial charge in [0, 0.05) is 30.3 Å². The second-order valence-corrected chi connectivity index (χ2v) is 7.25. The van der Waals surface area contributed by atoms with Gasteiger partial charge in [-0.1, -0.05) is 26.7 Å². The minimum absolute atomic E-state index is 0.0249. The molecule has 2 rings (SSSR count). The average molecular weight is 374 g/mol. The molecule has 6 heteroatoms. The lowest BCUT2D eigenvalue weighted by atomic mass is 9.96. The highest BCUT2D eigenvalue weighted by molar-refractivity contribution is 5.96. The summed E-state index contributed by atoms with van der Waals surface area (Å²) in [6, 6.07) is 6.94. The number of anilines is 1. The van der Waals surface area contributed by atoms with Crippen LogP contribution in [0, 0.1) is 11.8 Å². The number of benzene rings is 1. The highest BCUT2D eigenvalue weighted by atomic mass is 16.4. The zero-order valence-corrected chi connectivity index (χ0v) is 16.2. The van der Waals surface area contributed by atoms with E-state index in [0.717, 1.165) is 25.7 Å². The number of likely N-dealkylation sites (tertiary alicyclic amines) is 1. The number of carbonyl (C=O) groups excluding carboxylic acids is 2. The van der Waals surface area contributed by atoms with Gasteiger partial charge in [0.25, 0.3) is 5.91 Å². The number of carbonyl (C=O) groups is 3. The molecule has 0 unspecified atom stereocenters. The molecule has 27 heavy (non-hydrogen) atoms. The molecule has 1 aliphatic rings. The van der Waals surface area contributed by atoms with E-state index in [-0.39, 0.29) is 23.7 Å². The molecule has 148 valence electrons. The van der Waals surface area contributed by atoms with Crippen LogP contribution in [-0.4, -0.2) is 40.9 Å². The van der Waals surface area contributed by atoms with Crippen molar-refractivity contribution in [2.24, 2.45) is 11.8 Å². The summed E-state index contributed by atoms with van der Waals surface area (Å²) in [5, 5.41) is 12.0. The number of rotatable bonds is 8. The number of hydrogen-bond donors (Lipinski definition) is 2. The Kier molecular flexibility index (Phi) is 7.82. The quantitative estimate of drug-likeness (QED) is 0.725. The van der Waals surface area contributed by atoms with Crippen molar-refractivity contribution in [1.29, 1.82) is 0 Å². The molecule has 6 nitrogen and oxygen atoms in total. The average Bonchev–Trinajstić information content (AvgIpc) is 2.68. The topological polar surface area (TPSA) is 86.7 Å². The van der Waals surface area contributed by atoms with E-state index in [1.54, 1.807) is 29.2 Å². The molecule has 2 N–H and O–H groups in total. The van der Waals surface area contributed by atoms with Gasteiger partial charge in [-0.25, -0.2) is 0 Å². The standard InChI is InChI=1S/C21H30N2O4/c1-3-5-15(6-4-2)19(24)22-18-9-7-16(8-10-18)20(25)23-13-11-17(12-14-23)21(26)27/h7-10,15,17H,3-6,11-14H2,1-2H3,(H,22,24)(H,26,27). The lowest BCUT2D eigenvalue weighted by Crippen LogP contribution is -2.40. The Balaban J connectivity index is 1.93. The molecule has 1 saturated heterocycles. The van der Waals surface area contributed by atoms with Crippen LogP contribution in [0.3, 0.4) is 0 Å². The molecule has 0 saturated carbocycles. The number of piperidine rings is 1. The summed E-state index contributed by atoms with van der Waals surface area (Å²) in [7, 11) is 0. The van der Waals surface area contributed by atoms with E-state index in [0.29, 0.717) is 37.2 Å². The number of carboxylic acid groups (broad SMARTS) is 1. The fraction of sp³-hybridized carbons (Fsp3) is 0.571. The summed E-state index contributed by atoms with van der Waals surface area (Å²) >= 11 is 0. The Hall–Kier alpha value is -2.37. The van der Waals surface area contributed by atoms with Gasteiger partial charge in [-0.05, 0) is 49.9 Å². The molecule has 1 aromatic rings. The van der Waals surface area contributed by atoms with Gasteiger partial charge in [-0.2, -0.15) is 0 Å². The summed E-state index contributed by atoms with van der Waals surface area (Å²) in [6.45, 7) is 5.08. The molecule has 1 aromatic carbocycles. The van der Waals surface area contributed by atoms with E-state index in [2.05, 4.69) is 19.2 Å². The third kappa shape index (κ3) is 5.81. The first-order chi connectivity index (χ1) is 13.0. The van der Waals surface area contributed by atoms with Gasteiger partial charge in [-0.15, -0.1) is 0 Å². The predicted molar refractivity (Wildman–Crippen MR) is 105 cm³/mol. The van der Waals surface area contributed by atoms with E-state index in [4.69, 9.17) is 5.11 Å². The molecule has 0 atom stereocenters. The van der Waals surface area contributed by atoms with Crippen LogP contribution in [-0.2, 0) is 9.59 Å². The first-order valence-electron chi connectivity index (χ1n) is 9.89. The Morgan fingerprint density at radius 2 is 1.63 bits per heavy atom. The summed E-state index contributed by atoms with van der Waals surface area (Å²) < 4.78 is 0. The maximum Gasteiger partial charge on any atom is 0.306 e. The molecule has 1 heterocycles. The normalized spacial score (nSPS) is 15.0. The van der Waals surface area contributed by atoms with Crippen molar-refractivity contribution >= 4 is 23.5 Å². The molecule has 0 aliphatic carbocycles. The summed E-state index contributed by atoms with van der Waals surface area (Å²) in [5.41, 5.74) is 1.25. The van der Waals surface area contributed by atoms with Crippen molar-refractivity contribution in [2.75, 3.05) is 18.4 Å². The molecule has 0 bridgehead atoms. The lowest BCUT2D eigenvalue weighted by Gasteiger charge is -2.30. The second-order valence-electron chi connectivity index (χ2n) is 7.25. The number of nitrogens with zero attached hydrogens (tertiary/aromatic N) is 1. The molecule has 1 aliphatic heterocycles. The van der Waals surface area contributed by atoms with Gasteiger partial charge >= 0.3 is 5.97 Å². The van der Waals surface area contributed by atoms with Gasteiger partial charge in [0.2, 0.25) is 5.91 Å². The van der Waals surface area contributed by atoms with Gasteiger partial charge in [-0.3, -0.25) is 14.4 Å². The van der Waals surface area contributed by atoms with Crippen LogP contribution in [0.5, 0.6) is 0 Å². The number of aliphatic carboxylic acids is 1. The van der Waals surface area contributed by atoms with Crippen LogP contribution in [0.1, 0.15) is 62.7 Å². The monoisotopic (exact) mass is 374 g/mol. The van der Waals surface area contributed by atoms with Crippen LogP contribution < -0.4 is 5.32 Å². The molecule has 0 radical (unpaired) electrons. The van der Waals surface area contributed by atoms with Crippen molar-refractivity contribution < 1.29 is 19.5 Å². The molecular weight excluding hydrogens is 344 g/mol. The van der Waals surface area contributed by atoms with Crippen LogP contribution >= 0.6 is 0 Å². The largest absolute Gasteiger partial charge is 0.481 e. The lowest BCUT2D eigenvalue weighted by molar-refractivity contribution is -0.143. The van der Waals surface area contributed by atoms with Crippen LogP contribution in [0.25, 0.3) is 0 Å². The van der Waals surface area contributed by atoms with E-state index < -0.39 is 5.97 Å². The van der Waals surface area contributed by atoms with Crippen molar-refractivity contribution in [3.8, 4) is 0 Å². The maximum atomic E-state index is 12.6. The van der Waals surface area contributed by atoms with Crippen molar-refractivity contribution in [1.82, 2.24) is 4.90 Å². The Morgan fingerprint density at radius 1 is 1.07 bits per heavy atom. The fourth-order valence-electron chi connectivity index (χ4n) is 3.56. The number of carboxylic acids is 1. The number of hydrogen-bond acceptors (Lipinski definition) is 3. The minimum atomic E-state index is -0.786. The van der Waals surface area contributed by atoms with E-state index in [1.807, 2.05) is 0 Å². The maximum absolute atomic E-state index is 12.6. The third-order valence-electron chi connectivity index (χ3n) is 5.18. The highest BCUT2D eigenvalue weighted by Gasteiger charge is 2.27. The van der Waals surface area contributed by atoms with E-state index >= 15 is 0 Å². The smallest absolute Gasteiger partial charge is 0.306 e. The van der Waals surface area contributed by atoms with Crippen molar-refractivity contribution in [2.45, 2.75) is 52.4 Å². The summed E-state index contributed by atoms with van der Waals surface area (Å²) in [4.78, 5) is 37.7. The molecular formula is C21H30N2O4. The zero-order chi connectivity index (χ0) is 19.8. The van der Waals surface area contributed by atoms with E-state index in [1.165, 1.54) is 0 Å². The first-order valence-corrected chi connectivity index (χ1v) is 9.89. The molecule has 2 amide bonds. The van der Waals surface area contributed by atoms with Gasteiger partial charge in [0.15, 0.2) is 0 Å². The predicted octanol–water partition coefficient (Wildman–Crippen LogP) is 3.78. The Bertz CT molecular complexity index is 643. The zero-order valence-electron chi connectivity index (χ0n) is 16.2. The highest BCUT2D eigenvalue weighted by Crippen LogP contribution is 2.21. The molecule has 0 spiro atoms. The van der Waals surface area contributed by atoms with Crippen molar-refractivity contribution in [3.63, 3.8) is 0 Å². The van der Waals surface area contributed by atoms with Gasteiger partial charge in [0.1, 0.15) is 0 Å². The molecule has 0 aromatic heterocycles. The Morgan fingerprint density at radius 3 is 2.11 bits per heavy atom. The summed E-state index contributed by atoms with van der Waals surface area (Å²) in [6.07, 6.45) is 4.69. The molecule has 1 fully saturated rings. The van der Waals surface area contributed by atoms with Gasteiger partial charge < -0.3 is 15.3 Å². The van der Waals surface area contributed by atoms with Crippen LogP contribution in [0.2, 0.25) is 0 Å². The van der Waals surface area contributed by atoms with Gasteiger partial charge in [0.05, 0.1) is 5.92 Å². The van der Waals surface area contributed by atoms with Crippen LogP contribution in [0.15, 0.2) is 24.3 Å².